The third-order valence-electron chi connectivity index (χ3n) is 2.58. The standard InChI is InChI=1S/C15H15N3O2S/c1-10-14(21-11(2)17-10)15(20)18-13-9-12(6-7-16-13)5-3-4-8-19/h6-7,9,19H,4,8H2,1-2H3,(H,16,18,20). The Hall–Kier alpha value is -2.23. The Kier molecular flexibility index (Phi) is 5.04. The van der Waals surface area contributed by atoms with E-state index >= 15 is 0 Å². The van der Waals surface area contributed by atoms with E-state index in [1.165, 1.54) is 11.3 Å². The summed E-state index contributed by atoms with van der Waals surface area (Å²) in [7, 11) is 0. The van der Waals surface area contributed by atoms with Crippen molar-refractivity contribution in [1.29, 1.82) is 0 Å². The predicted molar refractivity (Wildman–Crippen MR) is 82.4 cm³/mol. The van der Waals surface area contributed by atoms with Gasteiger partial charge in [0, 0.05) is 18.2 Å². The number of rotatable bonds is 3. The number of thiazole rings is 1. The molecule has 2 N–H and O–H groups in total. The van der Waals surface area contributed by atoms with Gasteiger partial charge in [-0.2, -0.15) is 0 Å². The van der Waals surface area contributed by atoms with Crippen LogP contribution in [0.2, 0.25) is 0 Å². The number of hydrogen-bond acceptors (Lipinski definition) is 5. The van der Waals surface area contributed by atoms with Crippen LogP contribution in [0.25, 0.3) is 0 Å². The Morgan fingerprint density at radius 3 is 2.95 bits per heavy atom. The Balaban J connectivity index is 2.13. The first-order valence-electron chi connectivity index (χ1n) is 6.41. The van der Waals surface area contributed by atoms with Crippen LogP contribution in [0, 0.1) is 25.7 Å². The number of carbonyl (C=O) groups is 1. The first-order valence-corrected chi connectivity index (χ1v) is 7.23. The normalized spacial score (nSPS) is 9.86. The maximum Gasteiger partial charge on any atom is 0.268 e. The molecule has 0 aliphatic rings. The van der Waals surface area contributed by atoms with Crippen molar-refractivity contribution in [2.24, 2.45) is 0 Å². The van der Waals surface area contributed by atoms with E-state index in [0.717, 1.165) is 10.6 Å². The number of anilines is 1. The molecule has 0 aliphatic carbocycles. The van der Waals surface area contributed by atoms with Crippen LogP contribution in [0.5, 0.6) is 0 Å². The molecule has 2 heterocycles. The van der Waals surface area contributed by atoms with Crippen LogP contribution in [0.4, 0.5) is 5.82 Å². The van der Waals surface area contributed by atoms with E-state index in [9.17, 15) is 4.79 Å². The van der Waals surface area contributed by atoms with Crippen molar-refractivity contribution in [1.82, 2.24) is 9.97 Å². The Bertz CT molecular complexity index is 713. The molecule has 21 heavy (non-hydrogen) atoms. The number of aromatic nitrogens is 2. The van der Waals surface area contributed by atoms with Gasteiger partial charge in [-0.05, 0) is 26.0 Å². The van der Waals surface area contributed by atoms with E-state index in [0.29, 0.717) is 22.8 Å². The lowest BCUT2D eigenvalue weighted by Gasteiger charge is -2.03. The second-order valence-electron chi connectivity index (χ2n) is 4.31. The van der Waals surface area contributed by atoms with E-state index in [4.69, 9.17) is 5.11 Å². The molecule has 0 saturated heterocycles. The van der Waals surface area contributed by atoms with Crippen molar-refractivity contribution in [3.63, 3.8) is 0 Å². The van der Waals surface area contributed by atoms with Crippen molar-refractivity contribution in [2.75, 3.05) is 11.9 Å². The summed E-state index contributed by atoms with van der Waals surface area (Å²) in [5.74, 6) is 5.96. The predicted octanol–water partition coefficient (Wildman–Crippen LogP) is 2.14. The summed E-state index contributed by atoms with van der Waals surface area (Å²) in [5.41, 5.74) is 1.46. The third-order valence-corrected chi connectivity index (χ3v) is 3.65. The summed E-state index contributed by atoms with van der Waals surface area (Å²) in [6.45, 7) is 3.71. The summed E-state index contributed by atoms with van der Waals surface area (Å²) in [5, 5.41) is 12.3. The zero-order valence-corrected chi connectivity index (χ0v) is 12.6. The Morgan fingerprint density at radius 2 is 2.29 bits per heavy atom. The second kappa shape index (κ2) is 6.97. The lowest BCUT2D eigenvalue weighted by atomic mass is 10.2. The van der Waals surface area contributed by atoms with E-state index in [2.05, 4.69) is 27.1 Å². The topological polar surface area (TPSA) is 75.1 Å². The minimum Gasteiger partial charge on any atom is -0.395 e. The molecule has 0 aliphatic heterocycles. The lowest BCUT2D eigenvalue weighted by Crippen LogP contribution is -2.12. The highest BCUT2D eigenvalue weighted by Crippen LogP contribution is 2.18. The lowest BCUT2D eigenvalue weighted by molar-refractivity contribution is 0.102. The van der Waals surface area contributed by atoms with Crippen molar-refractivity contribution in [3.8, 4) is 11.8 Å². The van der Waals surface area contributed by atoms with Crippen molar-refractivity contribution < 1.29 is 9.90 Å². The maximum absolute atomic E-state index is 12.2. The molecule has 0 unspecified atom stereocenters. The highest BCUT2D eigenvalue weighted by Gasteiger charge is 2.14. The first kappa shape index (κ1) is 15.2. The van der Waals surface area contributed by atoms with Gasteiger partial charge in [-0.1, -0.05) is 11.8 Å². The van der Waals surface area contributed by atoms with Gasteiger partial charge in [0.25, 0.3) is 5.91 Å². The van der Waals surface area contributed by atoms with Gasteiger partial charge in [-0.25, -0.2) is 9.97 Å². The largest absolute Gasteiger partial charge is 0.395 e. The van der Waals surface area contributed by atoms with Crippen molar-refractivity contribution in [3.05, 3.63) is 39.5 Å². The second-order valence-corrected chi connectivity index (χ2v) is 5.51. The molecule has 2 rings (SSSR count). The quantitative estimate of drug-likeness (QED) is 0.852. The molecule has 5 nitrogen and oxygen atoms in total. The summed E-state index contributed by atoms with van der Waals surface area (Å²) < 4.78 is 0. The fourth-order valence-electron chi connectivity index (χ4n) is 1.71. The zero-order chi connectivity index (χ0) is 15.2. The molecule has 6 heteroatoms. The number of hydrogen-bond donors (Lipinski definition) is 2. The van der Waals surface area contributed by atoms with Crippen LogP contribution < -0.4 is 5.32 Å². The van der Waals surface area contributed by atoms with E-state index < -0.39 is 0 Å². The van der Waals surface area contributed by atoms with E-state index in [1.807, 2.05) is 13.8 Å². The number of pyridine rings is 1. The van der Waals surface area contributed by atoms with Crippen LogP contribution in [-0.2, 0) is 0 Å². The smallest absolute Gasteiger partial charge is 0.268 e. The molecule has 0 aromatic carbocycles. The Labute approximate surface area is 127 Å². The molecule has 0 saturated carbocycles. The fourth-order valence-corrected chi connectivity index (χ4v) is 2.53. The van der Waals surface area contributed by atoms with Crippen LogP contribution in [0.1, 0.15) is 32.4 Å². The highest BCUT2D eigenvalue weighted by molar-refractivity contribution is 7.13. The molecule has 2 aromatic rings. The SMILES string of the molecule is Cc1nc(C)c(C(=O)Nc2cc(C#CCCO)ccn2)s1. The van der Waals surface area contributed by atoms with E-state index in [1.54, 1.807) is 18.3 Å². The first-order chi connectivity index (χ1) is 10.1. The van der Waals surface area contributed by atoms with Gasteiger partial charge in [-0.3, -0.25) is 4.79 Å². The van der Waals surface area contributed by atoms with Gasteiger partial charge in [0.1, 0.15) is 10.7 Å². The maximum atomic E-state index is 12.2. The Morgan fingerprint density at radius 1 is 1.48 bits per heavy atom. The van der Waals surface area contributed by atoms with Crippen LogP contribution >= 0.6 is 11.3 Å². The molecule has 0 atom stereocenters. The summed E-state index contributed by atoms with van der Waals surface area (Å²) >= 11 is 1.36. The van der Waals surface area contributed by atoms with Gasteiger partial charge in [-0.15, -0.1) is 11.3 Å². The molecule has 1 amide bonds. The average Bonchev–Trinajstić information content (AvgIpc) is 2.78. The minimum absolute atomic E-state index is 0.0334. The van der Waals surface area contributed by atoms with Crippen molar-refractivity contribution >= 4 is 23.1 Å². The van der Waals surface area contributed by atoms with Gasteiger partial charge in [0.2, 0.25) is 0 Å². The van der Waals surface area contributed by atoms with E-state index in [-0.39, 0.29) is 12.5 Å². The molecule has 108 valence electrons. The molecule has 0 bridgehead atoms. The highest BCUT2D eigenvalue weighted by atomic mass is 32.1. The zero-order valence-electron chi connectivity index (χ0n) is 11.8. The van der Waals surface area contributed by atoms with Gasteiger partial charge < -0.3 is 10.4 Å². The molecule has 2 aromatic heterocycles. The van der Waals surface area contributed by atoms with Gasteiger partial charge in [0.15, 0.2) is 0 Å². The number of amides is 1. The minimum atomic E-state index is -0.217. The third kappa shape index (κ3) is 4.12. The molecule has 0 fully saturated rings. The van der Waals surface area contributed by atoms with Crippen LogP contribution in [0.3, 0.4) is 0 Å². The summed E-state index contributed by atoms with van der Waals surface area (Å²) in [6.07, 6.45) is 2.01. The van der Waals surface area contributed by atoms with Gasteiger partial charge >= 0.3 is 0 Å². The number of nitrogens with zero attached hydrogens (tertiary/aromatic N) is 2. The monoisotopic (exact) mass is 301 g/mol. The molecular formula is C15H15N3O2S. The fraction of sp³-hybridized carbons (Fsp3) is 0.267. The summed E-state index contributed by atoms with van der Waals surface area (Å²) in [6, 6.07) is 3.45. The van der Waals surface area contributed by atoms with Crippen molar-refractivity contribution in [2.45, 2.75) is 20.3 Å². The average molecular weight is 301 g/mol. The summed E-state index contributed by atoms with van der Waals surface area (Å²) in [4.78, 5) is 21.1. The number of nitrogens with one attached hydrogen (secondary N) is 1. The number of aliphatic hydroxyl groups is 1. The van der Waals surface area contributed by atoms with Gasteiger partial charge in [0.05, 0.1) is 17.3 Å². The number of aryl methyl sites for hydroxylation is 2. The van der Waals surface area contributed by atoms with Crippen LogP contribution in [-0.4, -0.2) is 27.6 Å². The number of carbonyl (C=O) groups excluding carboxylic acids is 1. The molecular weight excluding hydrogens is 286 g/mol. The number of aliphatic hydroxyl groups excluding tert-OH is 1. The molecule has 0 radical (unpaired) electrons. The van der Waals surface area contributed by atoms with Crippen LogP contribution in [0.15, 0.2) is 18.3 Å². The molecule has 0 spiro atoms.